The number of aryl methyl sites for hydroxylation is 3. The molecule has 0 saturated heterocycles. The summed E-state index contributed by atoms with van der Waals surface area (Å²) < 4.78 is 28.4. The maximum absolute atomic E-state index is 12.3. The van der Waals surface area contributed by atoms with Gasteiger partial charge in [-0.05, 0) is 62.6 Å². The molecule has 0 bridgehead atoms. The number of carbonyl (C=O) groups is 2. The molecule has 0 saturated carbocycles. The smallest absolute Gasteiger partial charge is 0.338 e. The number of nitrogens with two attached hydrogens (primary N) is 1. The maximum Gasteiger partial charge on any atom is 0.338 e. The summed E-state index contributed by atoms with van der Waals surface area (Å²) in [6.07, 6.45) is 0. The van der Waals surface area contributed by atoms with E-state index in [0.29, 0.717) is 16.7 Å². The standard InChI is InChI=1S/C19H21NO5S/c1-11-5-6-12(2)16(7-11)17(21)10-25-19(22)15-8-13(3)14(4)18(9-15)26(20,23)24/h5-9H,10H2,1-4H3,(H2,20,23,24). The van der Waals surface area contributed by atoms with Crippen LogP contribution >= 0.6 is 0 Å². The molecule has 2 aromatic carbocycles. The molecule has 0 atom stereocenters. The summed E-state index contributed by atoms with van der Waals surface area (Å²) in [5.74, 6) is -1.10. The van der Waals surface area contributed by atoms with Crippen LogP contribution in [0.25, 0.3) is 0 Å². The van der Waals surface area contributed by atoms with E-state index in [9.17, 15) is 18.0 Å². The molecule has 0 fully saturated rings. The van der Waals surface area contributed by atoms with Crippen LogP contribution in [0.2, 0.25) is 0 Å². The van der Waals surface area contributed by atoms with Gasteiger partial charge in [0.05, 0.1) is 10.5 Å². The monoisotopic (exact) mass is 375 g/mol. The molecule has 0 aliphatic carbocycles. The molecule has 6 nitrogen and oxygen atoms in total. The molecule has 0 spiro atoms. The Morgan fingerprint density at radius 1 is 1.00 bits per heavy atom. The Morgan fingerprint density at radius 3 is 2.27 bits per heavy atom. The van der Waals surface area contributed by atoms with E-state index in [1.54, 1.807) is 26.8 Å². The van der Waals surface area contributed by atoms with E-state index in [1.165, 1.54) is 12.1 Å². The summed E-state index contributed by atoms with van der Waals surface area (Å²) >= 11 is 0. The number of ether oxygens (including phenoxy) is 1. The topological polar surface area (TPSA) is 104 Å². The highest BCUT2D eigenvalue weighted by Crippen LogP contribution is 2.21. The van der Waals surface area contributed by atoms with Gasteiger partial charge < -0.3 is 4.74 Å². The molecule has 0 aliphatic rings. The van der Waals surface area contributed by atoms with Crippen molar-refractivity contribution in [1.29, 1.82) is 0 Å². The predicted molar refractivity (Wildman–Crippen MR) is 97.8 cm³/mol. The van der Waals surface area contributed by atoms with Crippen LogP contribution in [-0.4, -0.2) is 26.8 Å². The van der Waals surface area contributed by atoms with Crippen LogP contribution in [0.5, 0.6) is 0 Å². The highest BCUT2D eigenvalue weighted by molar-refractivity contribution is 7.89. The van der Waals surface area contributed by atoms with Crippen molar-refractivity contribution < 1.29 is 22.7 Å². The van der Waals surface area contributed by atoms with Crippen molar-refractivity contribution in [3.05, 3.63) is 63.7 Å². The number of ketones is 1. The van der Waals surface area contributed by atoms with Crippen LogP contribution in [0.15, 0.2) is 35.2 Å². The Kier molecular flexibility index (Phi) is 5.63. The summed E-state index contributed by atoms with van der Waals surface area (Å²) in [5.41, 5.74) is 3.30. The third-order valence-corrected chi connectivity index (χ3v) is 5.23. The van der Waals surface area contributed by atoms with E-state index < -0.39 is 22.6 Å². The second-order valence-electron chi connectivity index (χ2n) is 6.28. The van der Waals surface area contributed by atoms with E-state index in [4.69, 9.17) is 9.88 Å². The molecule has 2 aromatic rings. The summed E-state index contributed by atoms with van der Waals surface area (Å²) in [6, 6.07) is 8.13. The molecular weight excluding hydrogens is 354 g/mol. The van der Waals surface area contributed by atoms with Crippen molar-refractivity contribution in [3.8, 4) is 0 Å². The third kappa shape index (κ3) is 4.36. The molecular formula is C19H21NO5S. The van der Waals surface area contributed by atoms with Gasteiger partial charge in [0.2, 0.25) is 15.8 Å². The number of sulfonamides is 1. The maximum atomic E-state index is 12.3. The van der Waals surface area contributed by atoms with Crippen LogP contribution in [0.4, 0.5) is 0 Å². The second-order valence-corrected chi connectivity index (χ2v) is 7.81. The number of hydrogen-bond donors (Lipinski definition) is 1. The number of rotatable bonds is 5. The fourth-order valence-corrected chi connectivity index (χ4v) is 3.45. The van der Waals surface area contributed by atoms with Gasteiger partial charge in [-0.3, -0.25) is 4.79 Å². The summed E-state index contributed by atoms with van der Waals surface area (Å²) in [4.78, 5) is 24.4. The average molecular weight is 375 g/mol. The molecule has 0 amide bonds. The Morgan fingerprint density at radius 2 is 1.65 bits per heavy atom. The van der Waals surface area contributed by atoms with Gasteiger partial charge in [0.15, 0.2) is 6.61 Å². The van der Waals surface area contributed by atoms with Crippen molar-refractivity contribution in [2.45, 2.75) is 32.6 Å². The van der Waals surface area contributed by atoms with Crippen LogP contribution < -0.4 is 5.14 Å². The van der Waals surface area contributed by atoms with E-state index in [2.05, 4.69) is 0 Å². The van der Waals surface area contributed by atoms with Crippen molar-refractivity contribution in [1.82, 2.24) is 0 Å². The lowest BCUT2D eigenvalue weighted by Crippen LogP contribution is -2.18. The first-order chi connectivity index (χ1) is 12.0. The van der Waals surface area contributed by atoms with Gasteiger partial charge in [0.25, 0.3) is 0 Å². The molecule has 0 aliphatic heterocycles. The Balaban J connectivity index is 2.22. The number of Topliss-reactive ketones (excluding diaryl/α,β-unsaturated/α-hetero) is 1. The molecule has 0 unspecified atom stereocenters. The normalized spacial score (nSPS) is 11.3. The molecule has 26 heavy (non-hydrogen) atoms. The first-order valence-corrected chi connectivity index (χ1v) is 9.47. The zero-order valence-corrected chi connectivity index (χ0v) is 15.9. The number of benzene rings is 2. The first-order valence-electron chi connectivity index (χ1n) is 7.92. The van der Waals surface area contributed by atoms with Crippen molar-refractivity contribution in [2.75, 3.05) is 6.61 Å². The van der Waals surface area contributed by atoms with Gasteiger partial charge in [0, 0.05) is 5.56 Å². The van der Waals surface area contributed by atoms with Gasteiger partial charge >= 0.3 is 5.97 Å². The Labute approximate surface area is 153 Å². The van der Waals surface area contributed by atoms with Crippen molar-refractivity contribution >= 4 is 21.8 Å². The van der Waals surface area contributed by atoms with E-state index in [-0.39, 0.29) is 16.2 Å². The molecule has 0 radical (unpaired) electrons. The van der Waals surface area contributed by atoms with Crippen LogP contribution in [0, 0.1) is 27.7 Å². The van der Waals surface area contributed by atoms with Gasteiger partial charge in [-0.1, -0.05) is 17.7 Å². The van der Waals surface area contributed by atoms with Gasteiger partial charge in [-0.25, -0.2) is 18.4 Å². The predicted octanol–water partition coefficient (Wildman–Crippen LogP) is 2.61. The van der Waals surface area contributed by atoms with E-state index in [1.807, 2.05) is 19.1 Å². The Bertz CT molecular complexity index is 993. The minimum atomic E-state index is -3.97. The van der Waals surface area contributed by atoms with Gasteiger partial charge in [0.1, 0.15) is 0 Å². The molecule has 2 N–H and O–H groups in total. The quantitative estimate of drug-likeness (QED) is 0.639. The fourth-order valence-electron chi connectivity index (χ4n) is 2.57. The number of esters is 1. The number of carbonyl (C=O) groups excluding carboxylic acids is 2. The average Bonchev–Trinajstić information content (AvgIpc) is 2.55. The summed E-state index contributed by atoms with van der Waals surface area (Å²) in [5, 5.41) is 5.19. The third-order valence-electron chi connectivity index (χ3n) is 4.19. The SMILES string of the molecule is Cc1ccc(C)c(C(=O)COC(=O)c2cc(C)c(C)c(S(N)(=O)=O)c2)c1. The minimum absolute atomic E-state index is 0.0332. The zero-order valence-electron chi connectivity index (χ0n) is 15.1. The minimum Gasteiger partial charge on any atom is -0.454 e. The highest BCUT2D eigenvalue weighted by atomic mass is 32.2. The number of hydrogen-bond acceptors (Lipinski definition) is 5. The van der Waals surface area contributed by atoms with Crippen molar-refractivity contribution in [3.63, 3.8) is 0 Å². The Hall–Kier alpha value is -2.51. The largest absolute Gasteiger partial charge is 0.454 e. The molecule has 2 rings (SSSR count). The van der Waals surface area contributed by atoms with Crippen molar-refractivity contribution in [2.24, 2.45) is 5.14 Å². The molecule has 138 valence electrons. The van der Waals surface area contributed by atoms with E-state index in [0.717, 1.165) is 11.1 Å². The van der Waals surface area contributed by atoms with Crippen LogP contribution in [-0.2, 0) is 14.8 Å². The lowest BCUT2D eigenvalue weighted by molar-refractivity contribution is 0.0474. The van der Waals surface area contributed by atoms with E-state index >= 15 is 0 Å². The lowest BCUT2D eigenvalue weighted by atomic mass is 10.0. The highest BCUT2D eigenvalue weighted by Gasteiger charge is 2.19. The molecule has 7 heteroatoms. The summed E-state index contributed by atoms with van der Waals surface area (Å²) in [7, 11) is -3.97. The van der Waals surface area contributed by atoms with Crippen LogP contribution in [0.1, 0.15) is 43.0 Å². The number of primary sulfonamides is 1. The fraction of sp³-hybridized carbons (Fsp3) is 0.263. The second kappa shape index (κ2) is 7.39. The first kappa shape index (κ1) is 19.8. The zero-order chi connectivity index (χ0) is 19.6. The van der Waals surface area contributed by atoms with Gasteiger partial charge in [-0.2, -0.15) is 0 Å². The molecule has 0 heterocycles. The molecule has 0 aromatic heterocycles. The lowest BCUT2D eigenvalue weighted by Gasteiger charge is -2.11. The summed E-state index contributed by atoms with van der Waals surface area (Å²) in [6.45, 7) is 6.51. The van der Waals surface area contributed by atoms with Crippen LogP contribution in [0.3, 0.4) is 0 Å². The van der Waals surface area contributed by atoms with Gasteiger partial charge in [-0.15, -0.1) is 0 Å².